The standard InChI is InChI=1S/C15H12F2N2S/c16-10-6-5-9(7-11(10)17)8-12(18)15-19-13-3-1-2-4-14(13)20-15/h1-7,12H,8,18H2. The van der Waals surface area contributed by atoms with E-state index in [1.807, 2.05) is 24.3 Å². The van der Waals surface area contributed by atoms with Gasteiger partial charge in [0.05, 0.1) is 16.3 Å². The van der Waals surface area contributed by atoms with E-state index < -0.39 is 11.6 Å². The second kappa shape index (κ2) is 5.26. The summed E-state index contributed by atoms with van der Waals surface area (Å²) in [7, 11) is 0. The van der Waals surface area contributed by atoms with Crippen LogP contribution in [0.2, 0.25) is 0 Å². The summed E-state index contributed by atoms with van der Waals surface area (Å²) >= 11 is 1.53. The molecule has 1 heterocycles. The molecule has 1 atom stereocenters. The van der Waals surface area contributed by atoms with Crippen LogP contribution in [-0.4, -0.2) is 4.98 Å². The van der Waals surface area contributed by atoms with Gasteiger partial charge in [0.25, 0.3) is 0 Å². The number of benzene rings is 2. The lowest BCUT2D eigenvalue weighted by Gasteiger charge is -2.08. The molecule has 0 spiro atoms. The number of nitrogens with zero attached hydrogens (tertiary/aromatic N) is 1. The average Bonchev–Trinajstić information content (AvgIpc) is 2.87. The molecular weight excluding hydrogens is 278 g/mol. The van der Waals surface area contributed by atoms with Crippen LogP contribution in [-0.2, 0) is 6.42 Å². The van der Waals surface area contributed by atoms with Crippen LogP contribution in [0.15, 0.2) is 42.5 Å². The van der Waals surface area contributed by atoms with Crippen molar-refractivity contribution < 1.29 is 8.78 Å². The minimum Gasteiger partial charge on any atom is -0.322 e. The largest absolute Gasteiger partial charge is 0.322 e. The van der Waals surface area contributed by atoms with E-state index in [4.69, 9.17) is 5.73 Å². The van der Waals surface area contributed by atoms with E-state index in [9.17, 15) is 8.78 Å². The highest BCUT2D eigenvalue weighted by Crippen LogP contribution is 2.27. The van der Waals surface area contributed by atoms with Crippen molar-refractivity contribution in [3.63, 3.8) is 0 Å². The third-order valence-corrected chi connectivity index (χ3v) is 4.24. The molecule has 0 radical (unpaired) electrons. The Balaban J connectivity index is 1.84. The minimum atomic E-state index is -0.848. The molecule has 1 aromatic heterocycles. The van der Waals surface area contributed by atoms with Crippen molar-refractivity contribution in [3.05, 3.63) is 64.7 Å². The van der Waals surface area contributed by atoms with Crippen molar-refractivity contribution in [2.24, 2.45) is 5.73 Å². The maximum atomic E-state index is 13.2. The molecule has 0 bridgehead atoms. The highest BCUT2D eigenvalue weighted by atomic mass is 32.1. The summed E-state index contributed by atoms with van der Waals surface area (Å²) in [6.07, 6.45) is 0.428. The van der Waals surface area contributed by atoms with Gasteiger partial charge in [0.1, 0.15) is 5.01 Å². The molecule has 2 N–H and O–H groups in total. The zero-order valence-electron chi connectivity index (χ0n) is 10.5. The number of para-hydroxylation sites is 1. The summed E-state index contributed by atoms with van der Waals surface area (Å²) in [5.41, 5.74) is 7.68. The molecule has 0 saturated carbocycles. The molecule has 0 saturated heterocycles. The maximum Gasteiger partial charge on any atom is 0.159 e. The van der Waals surface area contributed by atoms with Gasteiger partial charge in [-0.2, -0.15) is 0 Å². The molecule has 20 heavy (non-hydrogen) atoms. The molecule has 3 rings (SSSR count). The molecule has 2 aromatic carbocycles. The van der Waals surface area contributed by atoms with E-state index in [1.165, 1.54) is 17.4 Å². The summed E-state index contributed by atoms with van der Waals surface area (Å²) in [6, 6.07) is 11.3. The van der Waals surface area contributed by atoms with Gasteiger partial charge in [-0.1, -0.05) is 18.2 Å². The van der Waals surface area contributed by atoms with E-state index in [0.717, 1.165) is 21.3 Å². The Morgan fingerprint density at radius 2 is 1.90 bits per heavy atom. The van der Waals surface area contributed by atoms with E-state index in [-0.39, 0.29) is 6.04 Å². The maximum absolute atomic E-state index is 13.2. The Bertz CT molecular complexity index is 721. The first-order valence-electron chi connectivity index (χ1n) is 6.18. The van der Waals surface area contributed by atoms with Crippen molar-refractivity contribution >= 4 is 21.6 Å². The number of aromatic nitrogens is 1. The molecule has 102 valence electrons. The van der Waals surface area contributed by atoms with Crippen molar-refractivity contribution in [3.8, 4) is 0 Å². The SMILES string of the molecule is NC(Cc1ccc(F)c(F)c1)c1nc2ccccc2s1. The normalized spacial score (nSPS) is 12.8. The molecule has 1 unspecified atom stereocenters. The van der Waals surface area contributed by atoms with Gasteiger partial charge in [-0.05, 0) is 36.2 Å². The van der Waals surface area contributed by atoms with E-state index in [2.05, 4.69) is 4.98 Å². The summed E-state index contributed by atoms with van der Waals surface area (Å²) in [5, 5.41) is 0.802. The number of rotatable bonds is 3. The van der Waals surface area contributed by atoms with Gasteiger partial charge in [-0.3, -0.25) is 0 Å². The lowest BCUT2D eigenvalue weighted by Crippen LogP contribution is -2.13. The lowest BCUT2D eigenvalue weighted by atomic mass is 10.1. The third kappa shape index (κ3) is 2.55. The van der Waals surface area contributed by atoms with E-state index >= 15 is 0 Å². The van der Waals surface area contributed by atoms with Gasteiger partial charge in [-0.25, -0.2) is 13.8 Å². The van der Waals surface area contributed by atoms with Crippen LogP contribution in [0.4, 0.5) is 8.78 Å². The van der Waals surface area contributed by atoms with Crippen molar-refractivity contribution in [1.29, 1.82) is 0 Å². The Hall–Kier alpha value is -1.85. The second-order valence-electron chi connectivity index (χ2n) is 4.58. The number of thiazole rings is 1. The molecular formula is C15H12F2N2S. The molecule has 2 nitrogen and oxygen atoms in total. The summed E-state index contributed by atoms with van der Waals surface area (Å²) in [5.74, 6) is -1.69. The fraction of sp³-hybridized carbons (Fsp3) is 0.133. The van der Waals surface area contributed by atoms with Gasteiger partial charge < -0.3 is 5.73 Å². The first-order valence-corrected chi connectivity index (χ1v) is 7.00. The number of hydrogen-bond acceptors (Lipinski definition) is 3. The first kappa shape index (κ1) is 13.1. The van der Waals surface area contributed by atoms with Crippen LogP contribution in [0.5, 0.6) is 0 Å². The average molecular weight is 290 g/mol. The minimum absolute atomic E-state index is 0.322. The Morgan fingerprint density at radius 3 is 2.65 bits per heavy atom. The van der Waals surface area contributed by atoms with Gasteiger partial charge in [-0.15, -0.1) is 11.3 Å². The molecule has 5 heteroatoms. The number of fused-ring (bicyclic) bond motifs is 1. The predicted octanol–water partition coefficient (Wildman–Crippen LogP) is 3.82. The monoisotopic (exact) mass is 290 g/mol. The van der Waals surface area contributed by atoms with Crippen molar-refractivity contribution in [2.75, 3.05) is 0 Å². The number of halogens is 2. The van der Waals surface area contributed by atoms with Crippen LogP contribution < -0.4 is 5.73 Å². The van der Waals surface area contributed by atoms with Crippen LogP contribution in [0.25, 0.3) is 10.2 Å². The van der Waals surface area contributed by atoms with Crippen LogP contribution in [0, 0.1) is 11.6 Å². The molecule has 0 aliphatic carbocycles. The summed E-state index contributed by atoms with van der Waals surface area (Å²) < 4.78 is 27.1. The summed E-state index contributed by atoms with van der Waals surface area (Å²) in [6.45, 7) is 0. The molecule has 3 aromatic rings. The Kier molecular flexibility index (Phi) is 3.46. The fourth-order valence-corrected chi connectivity index (χ4v) is 3.03. The zero-order chi connectivity index (χ0) is 14.1. The van der Waals surface area contributed by atoms with Gasteiger partial charge in [0.2, 0.25) is 0 Å². The van der Waals surface area contributed by atoms with E-state index in [1.54, 1.807) is 6.07 Å². The molecule has 0 amide bonds. The van der Waals surface area contributed by atoms with Gasteiger partial charge >= 0.3 is 0 Å². The molecule has 0 aliphatic rings. The van der Waals surface area contributed by atoms with Crippen LogP contribution in [0.3, 0.4) is 0 Å². The third-order valence-electron chi connectivity index (χ3n) is 3.07. The Labute approximate surface area is 118 Å². The molecule has 0 fully saturated rings. The van der Waals surface area contributed by atoms with Crippen LogP contribution >= 0.6 is 11.3 Å². The molecule has 0 aliphatic heterocycles. The smallest absolute Gasteiger partial charge is 0.159 e. The quantitative estimate of drug-likeness (QED) is 0.796. The topological polar surface area (TPSA) is 38.9 Å². The highest BCUT2D eigenvalue weighted by Gasteiger charge is 2.13. The lowest BCUT2D eigenvalue weighted by molar-refractivity contribution is 0.506. The van der Waals surface area contributed by atoms with Crippen LogP contribution in [0.1, 0.15) is 16.6 Å². The van der Waals surface area contributed by atoms with Crippen molar-refractivity contribution in [1.82, 2.24) is 4.98 Å². The second-order valence-corrected chi connectivity index (χ2v) is 5.64. The summed E-state index contributed by atoms with van der Waals surface area (Å²) in [4.78, 5) is 4.47. The van der Waals surface area contributed by atoms with Gasteiger partial charge in [0.15, 0.2) is 11.6 Å². The van der Waals surface area contributed by atoms with Crippen molar-refractivity contribution in [2.45, 2.75) is 12.5 Å². The number of hydrogen-bond donors (Lipinski definition) is 1. The Morgan fingerprint density at radius 1 is 1.10 bits per heavy atom. The highest BCUT2D eigenvalue weighted by molar-refractivity contribution is 7.18. The van der Waals surface area contributed by atoms with E-state index in [0.29, 0.717) is 12.0 Å². The predicted molar refractivity (Wildman–Crippen MR) is 76.6 cm³/mol. The van der Waals surface area contributed by atoms with Gasteiger partial charge in [0, 0.05) is 0 Å². The first-order chi connectivity index (χ1) is 9.63. The number of nitrogens with two attached hydrogens (primary N) is 1. The zero-order valence-corrected chi connectivity index (χ0v) is 11.3. The fourth-order valence-electron chi connectivity index (χ4n) is 2.06.